The van der Waals surface area contributed by atoms with Crippen LogP contribution >= 0.6 is 0 Å². The Bertz CT molecular complexity index is 1610. The molecule has 2 aromatic carbocycles. The lowest BCUT2D eigenvalue weighted by atomic mass is 9.86. The first-order valence-corrected chi connectivity index (χ1v) is 18.2. The summed E-state index contributed by atoms with van der Waals surface area (Å²) in [5.74, 6) is -4.24. The monoisotopic (exact) mass is 732 g/mol. The summed E-state index contributed by atoms with van der Waals surface area (Å²) in [5.41, 5.74) is 7.27. The number of benzene rings is 2. The van der Waals surface area contributed by atoms with E-state index < -0.39 is 54.3 Å². The molecule has 15 nitrogen and oxygen atoms in total. The molecule has 2 heterocycles. The van der Waals surface area contributed by atoms with Crippen LogP contribution in [-0.2, 0) is 41.6 Å². The normalized spacial score (nSPS) is 20.4. The lowest BCUT2D eigenvalue weighted by molar-refractivity contribution is -0.147. The molecule has 2 aliphatic rings. The maximum absolute atomic E-state index is 14.2. The molecular weight excluding hydrogens is 680 g/mol. The number of guanidine groups is 1. The summed E-state index contributed by atoms with van der Waals surface area (Å²) < 4.78 is 0. The predicted molar refractivity (Wildman–Crippen MR) is 197 cm³/mol. The van der Waals surface area contributed by atoms with E-state index in [0.717, 1.165) is 11.1 Å². The van der Waals surface area contributed by atoms with Gasteiger partial charge < -0.3 is 42.3 Å². The number of hydrogen-bond donors (Lipinski definition) is 8. The van der Waals surface area contributed by atoms with Gasteiger partial charge in [0.2, 0.25) is 29.5 Å². The summed E-state index contributed by atoms with van der Waals surface area (Å²) in [5, 5.41) is 30.4. The zero-order valence-corrected chi connectivity index (χ0v) is 30.3. The summed E-state index contributed by atoms with van der Waals surface area (Å²) in [4.78, 5) is 81.2. The number of nitrogens with two attached hydrogens (primary N) is 1. The van der Waals surface area contributed by atoms with Gasteiger partial charge in [0, 0.05) is 19.1 Å². The quantitative estimate of drug-likeness (QED) is 0.0615. The Morgan fingerprint density at radius 3 is 2.19 bits per heavy atom. The van der Waals surface area contributed by atoms with Crippen LogP contribution in [-0.4, -0.2) is 94.8 Å². The van der Waals surface area contributed by atoms with E-state index in [2.05, 4.69) is 26.6 Å². The second-order valence-electron chi connectivity index (χ2n) is 14.2. The third-order valence-corrected chi connectivity index (χ3v) is 9.57. The molecule has 9 N–H and O–H groups in total. The number of carbonyl (C=O) groups is 6. The average Bonchev–Trinajstić information content (AvgIpc) is 3.48. The van der Waals surface area contributed by atoms with Gasteiger partial charge in [0.05, 0.1) is 12.8 Å². The molecule has 2 aromatic rings. The minimum Gasteiger partial charge on any atom is -0.481 e. The molecule has 0 bridgehead atoms. The molecule has 53 heavy (non-hydrogen) atoms. The van der Waals surface area contributed by atoms with Gasteiger partial charge in [-0.3, -0.25) is 34.2 Å². The number of aliphatic carboxylic acids is 1. The summed E-state index contributed by atoms with van der Waals surface area (Å²) in [6.45, 7) is 4.23. The first kappa shape index (κ1) is 40.3. The van der Waals surface area contributed by atoms with Crippen molar-refractivity contribution in [2.75, 3.05) is 13.1 Å². The summed E-state index contributed by atoms with van der Waals surface area (Å²) in [7, 11) is 0. The minimum atomic E-state index is -1.40. The summed E-state index contributed by atoms with van der Waals surface area (Å²) in [6.07, 6.45) is 1.68. The fourth-order valence-corrected chi connectivity index (χ4v) is 7.03. The average molecular weight is 733 g/mol. The highest BCUT2D eigenvalue weighted by molar-refractivity contribution is 5.97. The van der Waals surface area contributed by atoms with Crippen molar-refractivity contribution in [3.05, 3.63) is 71.8 Å². The number of hydrogen-bond acceptors (Lipinski definition) is 7. The van der Waals surface area contributed by atoms with E-state index >= 15 is 0 Å². The van der Waals surface area contributed by atoms with Gasteiger partial charge in [-0.1, -0.05) is 74.5 Å². The number of amides is 5. The van der Waals surface area contributed by atoms with Crippen molar-refractivity contribution in [2.45, 2.75) is 95.4 Å². The lowest BCUT2D eigenvalue weighted by Gasteiger charge is -2.39. The molecule has 3 unspecified atom stereocenters. The minimum absolute atomic E-state index is 0.0565. The molecule has 0 radical (unpaired) electrons. The van der Waals surface area contributed by atoms with Crippen molar-refractivity contribution in [1.82, 2.24) is 31.5 Å². The Hall–Kier alpha value is -5.47. The highest BCUT2D eigenvalue weighted by Crippen LogP contribution is 2.39. The van der Waals surface area contributed by atoms with Crippen molar-refractivity contribution in [3.63, 3.8) is 0 Å². The molecule has 286 valence electrons. The van der Waals surface area contributed by atoms with Gasteiger partial charge >= 0.3 is 5.97 Å². The number of carboxylic acid groups (broad SMARTS) is 1. The number of rotatable bonds is 18. The Kier molecular flexibility index (Phi) is 14.7. The van der Waals surface area contributed by atoms with E-state index in [0.29, 0.717) is 25.7 Å². The zero-order valence-electron chi connectivity index (χ0n) is 30.3. The molecule has 2 aliphatic heterocycles. The van der Waals surface area contributed by atoms with Crippen molar-refractivity contribution < 1.29 is 33.9 Å². The molecule has 2 fully saturated rings. The number of carboxylic acids is 1. The van der Waals surface area contributed by atoms with Gasteiger partial charge in [-0.05, 0) is 61.5 Å². The molecule has 15 heteroatoms. The van der Waals surface area contributed by atoms with Crippen LogP contribution < -0.4 is 32.3 Å². The van der Waals surface area contributed by atoms with E-state index in [4.69, 9.17) is 11.1 Å². The third kappa shape index (κ3) is 12.0. The molecular formula is C38H52N8O7. The molecule has 4 rings (SSSR count). The highest BCUT2D eigenvalue weighted by Gasteiger charge is 2.51. The second kappa shape index (κ2) is 19.4. The summed E-state index contributed by atoms with van der Waals surface area (Å²) >= 11 is 0. The molecule has 0 aromatic heterocycles. The number of nitrogens with zero attached hydrogens (tertiary/aromatic N) is 1. The van der Waals surface area contributed by atoms with Gasteiger partial charge in [-0.2, -0.15) is 0 Å². The third-order valence-electron chi connectivity index (χ3n) is 9.57. The Morgan fingerprint density at radius 1 is 0.906 bits per heavy atom. The number of carbonyl (C=O) groups excluding carboxylic acids is 5. The standard InChI is InChI=1S/C38H52N8O7/c1-23(2)22-42-34(50)29(21-33(48)49)45-35(51)27(14-9-17-41-38(39)40)44-36(52)31-20-26(18-24-10-5-3-6-11-24)30-16-15-28(37(53)46(30)31)43-32(47)19-25-12-7-4-8-13-25/h3-8,10-13,23,26-31H,9,14-22H2,1-2H3,(H,42,50)(H,43,47)(H,44,52)(H,45,51)(H,48,49)(H4,39,40,41)/t26-,27+,28?,29?,30+,31?/m1/s1. The number of piperidine rings is 1. The van der Waals surface area contributed by atoms with E-state index in [1.54, 1.807) is 4.90 Å². The van der Waals surface area contributed by atoms with Gasteiger partial charge in [0.25, 0.3) is 0 Å². The largest absolute Gasteiger partial charge is 0.481 e. The number of fused-ring (bicyclic) bond motifs is 1. The van der Waals surface area contributed by atoms with Gasteiger partial charge in [0.1, 0.15) is 24.2 Å². The second-order valence-corrected chi connectivity index (χ2v) is 14.2. The van der Waals surface area contributed by atoms with Crippen LogP contribution in [0.3, 0.4) is 0 Å². The predicted octanol–water partition coefficient (Wildman–Crippen LogP) is 0.816. The first-order valence-electron chi connectivity index (χ1n) is 18.2. The first-order chi connectivity index (χ1) is 25.3. The Labute approximate surface area is 309 Å². The van der Waals surface area contributed by atoms with Crippen LogP contribution in [0, 0.1) is 17.2 Å². The Morgan fingerprint density at radius 2 is 1.57 bits per heavy atom. The van der Waals surface area contributed by atoms with Crippen LogP contribution in [0.15, 0.2) is 60.7 Å². The molecule has 6 atom stereocenters. The molecule has 0 spiro atoms. The summed E-state index contributed by atoms with van der Waals surface area (Å²) in [6, 6.07) is 14.3. The Balaban J connectivity index is 1.55. The van der Waals surface area contributed by atoms with E-state index in [1.807, 2.05) is 74.5 Å². The van der Waals surface area contributed by atoms with Crippen LogP contribution in [0.1, 0.15) is 63.5 Å². The van der Waals surface area contributed by atoms with Crippen LogP contribution in [0.2, 0.25) is 0 Å². The fourth-order valence-electron chi connectivity index (χ4n) is 7.03. The SMILES string of the molecule is CC(C)CNC(=O)C(CC(=O)O)NC(=O)[C@H](CCCNC(=N)N)NC(=O)C1C[C@@H](Cc2ccccc2)[C@@H]2CCC(NC(=O)Cc3ccccc3)C(=O)N12. The van der Waals surface area contributed by atoms with E-state index in [1.165, 1.54) is 0 Å². The van der Waals surface area contributed by atoms with Gasteiger partial charge in [0.15, 0.2) is 5.96 Å². The van der Waals surface area contributed by atoms with Crippen LogP contribution in [0.25, 0.3) is 0 Å². The van der Waals surface area contributed by atoms with Crippen LogP contribution in [0.4, 0.5) is 0 Å². The topological polar surface area (TPSA) is 236 Å². The van der Waals surface area contributed by atoms with Crippen molar-refractivity contribution in [3.8, 4) is 0 Å². The van der Waals surface area contributed by atoms with Gasteiger partial charge in [-0.25, -0.2) is 0 Å². The maximum atomic E-state index is 14.2. The zero-order chi connectivity index (χ0) is 38.5. The molecule has 0 saturated carbocycles. The molecule has 0 aliphatic carbocycles. The number of nitrogens with one attached hydrogen (secondary N) is 6. The smallest absolute Gasteiger partial charge is 0.305 e. The highest BCUT2D eigenvalue weighted by atomic mass is 16.4. The lowest BCUT2D eigenvalue weighted by Crippen LogP contribution is -2.61. The van der Waals surface area contributed by atoms with E-state index in [-0.39, 0.29) is 68.0 Å². The van der Waals surface area contributed by atoms with E-state index in [9.17, 15) is 33.9 Å². The van der Waals surface area contributed by atoms with Crippen molar-refractivity contribution in [2.24, 2.45) is 17.6 Å². The van der Waals surface area contributed by atoms with Gasteiger partial charge in [-0.15, -0.1) is 0 Å². The molecule has 5 amide bonds. The fraction of sp³-hybridized carbons (Fsp3) is 0.500. The molecule has 2 saturated heterocycles. The maximum Gasteiger partial charge on any atom is 0.305 e. The van der Waals surface area contributed by atoms with Crippen molar-refractivity contribution in [1.29, 1.82) is 5.41 Å². The van der Waals surface area contributed by atoms with Crippen LogP contribution in [0.5, 0.6) is 0 Å². The van der Waals surface area contributed by atoms with Crippen molar-refractivity contribution >= 4 is 41.5 Å².